The fourth-order valence-electron chi connectivity index (χ4n) is 2.59. The molecule has 1 aliphatic heterocycles. The molecule has 118 valence electrons. The highest BCUT2D eigenvalue weighted by molar-refractivity contribution is 6.70. The molecule has 21 heavy (non-hydrogen) atoms. The quantitative estimate of drug-likeness (QED) is 0.451. The zero-order valence-corrected chi connectivity index (χ0v) is 15.6. The van der Waals surface area contributed by atoms with E-state index >= 15 is 0 Å². The van der Waals surface area contributed by atoms with E-state index in [0.717, 1.165) is 11.5 Å². The van der Waals surface area contributed by atoms with Gasteiger partial charge in [0.2, 0.25) is 16.6 Å². The Balaban J connectivity index is 2.32. The molecule has 1 heterocycles. The molecule has 0 saturated carbocycles. The van der Waals surface area contributed by atoms with E-state index in [0.29, 0.717) is 12.8 Å². The molecule has 0 amide bonds. The first kappa shape index (κ1) is 16.3. The lowest BCUT2D eigenvalue weighted by Gasteiger charge is -2.33. The van der Waals surface area contributed by atoms with E-state index in [4.69, 9.17) is 13.6 Å². The molecule has 0 aromatic rings. The van der Waals surface area contributed by atoms with Crippen LogP contribution in [0.25, 0.3) is 0 Å². The van der Waals surface area contributed by atoms with Gasteiger partial charge in [-0.15, -0.1) is 0 Å². The highest BCUT2D eigenvalue weighted by atomic mass is 28.4. The molecule has 0 aromatic carbocycles. The van der Waals surface area contributed by atoms with Crippen molar-refractivity contribution >= 4 is 28.6 Å². The summed E-state index contributed by atoms with van der Waals surface area (Å²) in [6, 6.07) is 0. The molecular weight excluding hydrogens is 304 g/mol. The minimum absolute atomic E-state index is 0.405. The van der Waals surface area contributed by atoms with E-state index in [-0.39, 0.29) is 0 Å². The topological polar surface area (TPSA) is 61.8 Å². The van der Waals surface area contributed by atoms with Crippen LogP contribution in [0.2, 0.25) is 39.3 Å². The van der Waals surface area contributed by atoms with Crippen LogP contribution < -0.4 is 0 Å². The number of carbonyl (C=O) groups is 2. The van der Waals surface area contributed by atoms with Crippen molar-refractivity contribution in [2.75, 3.05) is 0 Å². The van der Waals surface area contributed by atoms with Gasteiger partial charge in [-0.25, -0.2) is 0 Å². The van der Waals surface area contributed by atoms with Gasteiger partial charge in [0, 0.05) is 12.8 Å². The average molecular weight is 329 g/mol. The Bertz CT molecular complexity index is 454. The molecule has 0 radical (unpaired) electrons. The number of rotatable bonds is 4. The molecule has 1 saturated heterocycles. The summed E-state index contributed by atoms with van der Waals surface area (Å²) in [7, 11) is -3.61. The Morgan fingerprint density at radius 3 is 1.43 bits per heavy atom. The van der Waals surface area contributed by atoms with Crippen LogP contribution in [-0.4, -0.2) is 28.6 Å². The van der Waals surface area contributed by atoms with Crippen molar-refractivity contribution in [3.63, 3.8) is 0 Å². The molecule has 1 aliphatic carbocycles. The predicted molar refractivity (Wildman–Crippen MR) is 83.2 cm³/mol. The number of hydrogen-bond acceptors (Lipinski definition) is 5. The molecule has 0 N–H and O–H groups in total. The van der Waals surface area contributed by atoms with Crippen LogP contribution in [-0.2, 0) is 23.2 Å². The van der Waals surface area contributed by atoms with Gasteiger partial charge in [-0.1, -0.05) is 0 Å². The van der Waals surface area contributed by atoms with Crippen LogP contribution in [0.4, 0.5) is 0 Å². The second kappa shape index (κ2) is 5.28. The number of carbonyl (C=O) groups excluding carboxylic acids is 2. The normalized spacial score (nSPS) is 26.6. The summed E-state index contributed by atoms with van der Waals surface area (Å²) in [4.78, 5) is 23.6. The lowest BCUT2D eigenvalue weighted by atomic mass is 9.83. The lowest BCUT2D eigenvalue weighted by molar-refractivity contribution is -0.153. The van der Waals surface area contributed by atoms with Gasteiger partial charge in [0.25, 0.3) is 0 Å². The predicted octanol–water partition coefficient (Wildman–Crippen LogP) is 3.01. The van der Waals surface area contributed by atoms with Crippen LogP contribution in [0.1, 0.15) is 12.8 Å². The molecule has 0 aromatic heterocycles. The highest BCUT2D eigenvalue weighted by Gasteiger charge is 2.49. The Hall–Kier alpha value is -1.09. The van der Waals surface area contributed by atoms with Crippen molar-refractivity contribution in [1.82, 2.24) is 0 Å². The molecule has 2 unspecified atom stereocenters. The van der Waals surface area contributed by atoms with Gasteiger partial charge < -0.3 is 13.6 Å². The molecular formula is C14H24O5Si2. The number of fused-ring (bicyclic) bond motifs is 1. The van der Waals surface area contributed by atoms with Crippen molar-refractivity contribution < 1.29 is 23.2 Å². The van der Waals surface area contributed by atoms with Gasteiger partial charge in [-0.05, 0) is 39.3 Å². The van der Waals surface area contributed by atoms with E-state index in [9.17, 15) is 9.59 Å². The first-order valence-corrected chi connectivity index (χ1v) is 14.1. The second-order valence-electron chi connectivity index (χ2n) is 7.64. The summed E-state index contributed by atoms with van der Waals surface area (Å²) in [6.45, 7) is 12.6. The molecule has 2 rings (SSSR count). The van der Waals surface area contributed by atoms with Crippen LogP contribution in [0, 0.1) is 11.8 Å². The van der Waals surface area contributed by atoms with Crippen LogP contribution >= 0.6 is 0 Å². The van der Waals surface area contributed by atoms with Gasteiger partial charge in [-0.2, -0.15) is 0 Å². The van der Waals surface area contributed by atoms with Gasteiger partial charge in [0.05, 0.1) is 11.8 Å². The molecule has 0 bridgehead atoms. The van der Waals surface area contributed by atoms with Crippen LogP contribution in [0.15, 0.2) is 11.5 Å². The van der Waals surface area contributed by atoms with Crippen LogP contribution in [0.3, 0.4) is 0 Å². The number of esters is 2. The molecule has 0 spiro atoms. The van der Waals surface area contributed by atoms with E-state index in [1.165, 1.54) is 0 Å². The fourth-order valence-corrected chi connectivity index (χ4v) is 4.47. The summed E-state index contributed by atoms with van der Waals surface area (Å²) in [5.41, 5.74) is 0. The summed E-state index contributed by atoms with van der Waals surface area (Å²) in [5.74, 6) is -0.146. The number of hydrogen-bond donors (Lipinski definition) is 0. The lowest BCUT2D eigenvalue weighted by Crippen LogP contribution is -2.34. The molecule has 1 fully saturated rings. The molecule has 2 atom stereocenters. The minimum atomic E-state index is -1.80. The average Bonchev–Trinajstić information content (AvgIpc) is 2.51. The minimum Gasteiger partial charge on any atom is -0.545 e. The van der Waals surface area contributed by atoms with Crippen molar-refractivity contribution in [2.24, 2.45) is 11.8 Å². The van der Waals surface area contributed by atoms with Crippen molar-refractivity contribution in [3.05, 3.63) is 11.5 Å². The third kappa shape index (κ3) is 3.97. The van der Waals surface area contributed by atoms with E-state index < -0.39 is 40.4 Å². The fraction of sp³-hybridized carbons (Fsp3) is 0.714. The third-order valence-electron chi connectivity index (χ3n) is 3.27. The Labute approximate surface area is 127 Å². The maximum absolute atomic E-state index is 11.8. The van der Waals surface area contributed by atoms with Gasteiger partial charge in [-0.3, -0.25) is 9.59 Å². The molecule has 2 aliphatic rings. The molecule has 7 heteroatoms. The highest BCUT2D eigenvalue weighted by Crippen LogP contribution is 2.42. The summed E-state index contributed by atoms with van der Waals surface area (Å²) >= 11 is 0. The summed E-state index contributed by atoms with van der Waals surface area (Å²) < 4.78 is 17.0. The van der Waals surface area contributed by atoms with Crippen molar-refractivity contribution in [2.45, 2.75) is 52.1 Å². The maximum Gasteiger partial charge on any atom is 0.317 e. The Morgan fingerprint density at radius 2 is 1.14 bits per heavy atom. The van der Waals surface area contributed by atoms with Crippen LogP contribution in [0.5, 0.6) is 0 Å². The Kier molecular flexibility index (Phi) is 4.09. The van der Waals surface area contributed by atoms with E-state index in [1.54, 1.807) is 0 Å². The SMILES string of the molecule is C[Si](C)(C)OC1=C(O[Si](C)(C)C)CC2C(=O)OC(=O)C2C1. The van der Waals surface area contributed by atoms with Crippen molar-refractivity contribution in [1.29, 1.82) is 0 Å². The van der Waals surface area contributed by atoms with E-state index in [2.05, 4.69) is 39.3 Å². The first-order valence-electron chi connectivity index (χ1n) is 7.32. The van der Waals surface area contributed by atoms with Gasteiger partial charge >= 0.3 is 11.9 Å². The standard InChI is InChI=1S/C14H24O5Si2/c1-20(2,3)18-11-7-9-10(14(16)17-13(9)15)8-12(11)19-21(4,5)6/h9-10H,7-8H2,1-6H3. The monoisotopic (exact) mass is 328 g/mol. The number of ether oxygens (including phenoxy) is 1. The zero-order valence-electron chi connectivity index (χ0n) is 13.6. The maximum atomic E-state index is 11.8. The number of cyclic esters (lactones) is 2. The number of allylic oxidation sites excluding steroid dienone is 2. The van der Waals surface area contributed by atoms with Crippen molar-refractivity contribution in [3.8, 4) is 0 Å². The summed E-state index contributed by atoms with van der Waals surface area (Å²) in [5, 5.41) is 0. The Morgan fingerprint density at radius 1 is 0.810 bits per heavy atom. The van der Waals surface area contributed by atoms with Gasteiger partial charge in [0.1, 0.15) is 11.5 Å². The first-order chi connectivity index (χ1) is 9.46. The van der Waals surface area contributed by atoms with E-state index in [1.807, 2.05) is 0 Å². The summed E-state index contributed by atoms with van der Waals surface area (Å²) in [6.07, 6.45) is 0.832. The van der Waals surface area contributed by atoms with Gasteiger partial charge in [0.15, 0.2) is 0 Å². The molecule has 5 nitrogen and oxygen atoms in total. The second-order valence-corrected chi connectivity index (χ2v) is 16.5. The zero-order chi connectivity index (χ0) is 16.0. The smallest absolute Gasteiger partial charge is 0.317 e. The third-order valence-corrected chi connectivity index (χ3v) is 4.99. The largest absolute Gasteiger partial charge is 0.545 e.